The summed E-state index contributed by atoms with van der Waals surface area (Å²) >= 11 is 0. The molecule has 0 heterocycles. The quantitative estimate of drug-likeness (QED) is 0.520. The van der Waals surface area contributed by atoms with Crippen LogP contribution >= 0.6 is 0 Å². The average molecular weight is 289 g/mol. The van der Waals surface area contributed by atoms with Crippen LogP contribution in [0, 0.1) is 40.9 Å². The van der Waals surface area contributed by atoms with Gasteiger partial charge < -0.3 is 0 Å². The van der Waals surface area contributed by atoms with E-state index >= 15 is 0 Å². The Morgan fingerprint density at radius 1 is 0.810 bits per heavy atom. The Labute approximate surface area is 132 Å². The predicted octanol–water partition coefficient (Wildman–Crippen LogP) is 6.45. The lowest BCUT2D eigenvalue weighted by molar-refractivity contribution is 0.00472. The molecule has 0 N–H and O–H groups in total. The van der Waals surface area contributed by atoms with Gasteiger partial charge in [0.1, 0.15) is 0 Å². The molecule has 1 unspecified atom stereocenters. The second-order valence-corrected chi connectivity index (χ2v) is 9.38. The van der Waals surface area contributed by atoms with E-state index in [4.69, 9.17) is 0 Å². The van der Waals surface area contributed by atoms with Crippen molar-refractivity contribution in [2.24, 2.45) is 40.9 Å². The van der Waals surface area contributed by atoms with Gasteiger partial charge in [-0.15, -0.1) is 0 Å². The summed E-state index contributed by atoms with van der Waals surface area (Å²) in [6.45, 7) is 5.14. The van der Waals surface area contributed by atoms with Crippen LogP contribution in [0.4, 0.5) is 0 Å². The van der Waals surface area contributed by atoms with Crippen LogP contribution in [0.25, 0.3) is 0 Å². The lowest BCUT2D eigenvalue weighted by Crippen LogP contribution is -2.41. The van der Waals surface area contributed by atoms with E-state index in [9.17, 15) is 0 Å². The van der Waals surface area contributed by atoms with Crippen molar-refractivity contribution in [2.45, 2.75) is 90.9 Å². The lowest BCUT2D eigenvalue weighted by Gasteiger charge is -2.49. The van der Waals surface area contributed by atoms with Gasteiger partial charge in [-0.3, -0.25) is 0 Å². The summed E-state index contributed by atoms with van der Waals surface area (Å²) in [5.74, 6) is 6.63. The second kappa shape index (κ2) is 5.57. The van der Waals surface area contributed by atoms with Crippen molar-refractivity contribution in [1.82, 2.24) is 0 Å². The van der Waals surface area contributed by atoms with Crippen molar-refractivity contribution in [1.29, 1.82) is 0 Å². The van der Waals surface area contributed by atoms with Crippen LogP contribution in [0.1, 0.15) is 90.9 Å². The zero-order valence-corrected chi connectivity index (χ0v) is 14.4. The highest BCUT2D eigenvalue weighted by atomic mass is 14.6. The summed E-state index contributed by atoms with van der Waals surface area (Å²) < 4.78 is 0. The molecular weight excluding hydrogens is 252 g/mol. The molecule has 4 saturated carbocycles. The number of hydrogen-bond donors (Lipinski definition) is 0. The van der Waals surface area contributed by atoms with Crippen LogP contribution in [-0.2, 0) is 0 Å². The summed E-state index contributed by atoms with van der Waals surface area (Å²) in [5, 5.41) is 0. The first kappa shape index (κ1) is 14.6. The second-order valence-electron chi connectivity index (χ2n) is 9.38. The molecule has 0 aromatic carbocycles. The van der Waals surface area contributed by atoms with Crippen molar-refractivity contribution >= 4 is 0 Å². The minimum Gasteiger partial charge on any atom is -0.0651 e. The maximum atomic E-state index is 2.69. The van der Waals surface area contributed by atoms with Crippen LogP contribution in [-0.4, -0.2) is 0 Å². The Balaban J connectivity index is 1.55. The molecule has 4 aliphatic carbocycles. The molecular formula is C21H36. The van der Waals surface area contributed by atoms with Gasteiger partial charge in [-0.05, 0) is 85.9 Å². The van der Waals surface area contributed by atoms with Crippen LogP contribution in [0.5, 0.6) is 0 Å². The molecule has 4 fully saturated rings. The summed E-state index contributed by atoms with van der Waals surface area (Å²) in [6.07, 6.45) is 18.8. The minimum atomic E-state index is 0.728. The molecule has 7 atom stereocenters. The first-order valence-electron chi connectivity index (χ1n) is 10.2. The van der Waals surface area contributed by atoms with Gasteiger partial charge in [0.15, 0.2) is 0 Å². The van der Waals surface area contributed by atoms with Crippen LogP contribution in [0.15, 0.2) is 0 Å². The zero-order valence-electron chi connectivity index (χ0n) is 14.4. The molecule has 4 rings (SSSR count). The van der Waals surface area contributed by atoms with Crippen molar-refractivity contribution < 1.29 is 0 Å². The highest BCUT2D eigenvalue weighted by molar-refractivity contribution is 5.03. The number of rotatable bonds is 1. The van der Waals surface area contributed by atoms with Gasteiger partial charge in [0.25, 0.3) is 0 Å². The number of fused-ring (bicyclic) bond motifs is 4. The fourth-order valence-corrected chi connectivity index (χ4v) is 7.64. The molecule has 0 spiro atoms. The molecule has 120 valence electrons. The standard InChI is InChI=1S/C21H36/c1-3-18-9-11-20-19-10-8-15-6-4-5-7-16(15)14-17(19)12-13-21(18,20)2/h15-20H,3-14H2,1-2H3/t15-,16+,17-,18+,19?,20+,21-/m1/s1. The normalized spacial score (nSPS) is 53.4. The monoisotopic (exact) mass is 288 g/mol. The molecule has 0 bridgehead atoms. The fraction of sp³-hybridized carbons (Fsp3) is 1.00. The van der Waals surface area contributed by atoms with Gasteiger partial charge in [-0.2, -0.15) is 0 Å². The molecule has 0 aromatic heterocycles. The largest absolute Gasteiger partial charge is 0.0651 e. The van der Waals surface area contributed by atoms with E-state index in [1.165, 1.54) is 19.3 Å². The van der Waals surface area contributed by atoms with Crippen molar-refractivity contribution in [2.75, 3.05) is 0 Å². The Kier molecular flexibility index (Phi) is 3.87. The summed E-state index contributed by atoms with van der Waals surface area (Å²) in [4.78, 5) is 0. The Morgan fingerprint density at radius 3 is 2.43 bits per heavy atom. The van der Waals surface area contributed by atoms with Crippen LogP contribution in [0.2, 0.25) is 0 Å². The molecule has 0 aromatic rings. The van der Waals surface area contributed by atoms with E-state index in [1.807, 2.05) is 0 Å². The van der Waals surface area contributed by atoms with Gasteiger partial charge >= 0.3 is 0 Å². The molecule has 0 radical (unpaired) electrons. The van der Waals surface area contributed by atoms with Crippen molar-refractivity contribution in [3.8, 4) is 0 Å². The fourth-order valence-electron chi connectivity index (χ4n) is 7.64. The highest BCUT2D eigenvalue weighted by Gasteiger charge is 2.53. The summed E-state index contributed by atoms with van der Waals surface area (Å²) in [5.41, 5.74) is 0.728. The molecule has 0 amide bonds. The number of hydrogen-bond acceptors (Lipinski definition) is 0. The van der Waals surface area contributed by atoms with Crippen molar-refractivity contribution in [3.63, 3.8) is 0 Å². The maximum Gasteiger partial charge on any atom is -0.0266 e. The third-order valence-corrected chi connectivity index (χ3v) is 8.82. The Bertz CT molecular complexity index is 372. The van der Waals surface area contributed by atoms with Crippen LogP contribution < -0.4 is 0 Å². The third kappa shape index (κ3) is 2.31. The van der Waals surface area contributed by atoms with E-state index < -0.39 is 0 Å². The first-order chi connectivity index (χ1) is 10.2. The van der Waals surface area contributed by atoms with E-state index in [2.05, 4.69) is 13.8 Å². The molecule has 21 heavy (non-hydrogen) atoms. The average Bonchev–Trinajstić information content (AvgIpc) is 2.73. The van der Waals surface area contributed by atoms with Crippen LogP contribution in [0.3, 0.4) is 0 Å². The molecule has 0 saturated heterocycles. The first-order valence-corrected chi connectivity index (χ1v) is 10.2. The van der Waals surface area contributed by atoms with E-state index in [-0.39, 0.29) is 0 Å². The topological polar surface area (TPSA) is 0 Å². The van der Waals surface area contributed by atoms with Gasteiger partial charge in [-0.1, -0.05) is 46.0 Å². The maximum absolute atomic E-state index is 2.69. The van der Waals surface area contributed by atoms with Crippen molar-refractivity contribution in [3.05, 3.63) is 0 Å². The highest BCUT2D eigenvalue weighted by Crippen LogP contribution is 2.62. The third-order valence-electron chi connectivity index (χ3n) is 8.82. The minimum absolute atomic E-state index is 0.728. The smallest absolute Gasteiger partial charge is 0.0266 e. The van der Waals surface area contributed by atoms with E-state index in [0.29, 0.717) is 0 Å². The summed E-state index contributed by atoms with van der Waals surface area (Å²) in [6, 6.07) is 0. The van der Waals surface area contributed by atoms with Gasteiger partial charge in [0, 0.05) is 0 Å². The molecule has 0 heteroatoms. The Hall–Kier alpha value is 0. The van der Waals surface area contributed by atoms with Gasteiger partial charge in [0.05, 0.1) is 0 Å². The predicted molar refractivity (Wildman–Crippen MR) is 90.1 cm³/mol. The molecule has 0 aliphatic heterocycles. The molecule has 0 nitrogen and oxygen atoms in total. The van der Waals surface area contributed by atoms with Gasteiger partial charge in [0.2, 0.25) is 0 Å². The Morgan fingerprint density at radius 2 is 1.62 bits per heavy atom. The van der Waals surface area contributed by atoms with E-state index in [1.54, 1.807) is 57.8 Å². The van der Waals surface area contributed by atoms with Gasteiger partial charge in [-0.25, -0.2) is 0 Å². The zero-order chi connectivity index (χ0) is 14.4. The molecule has 4 aliphatic rings. The van der Waals surface area contributed by atoms with E-state index in [0.717, 1.165) is 40.9 Å². The summed E-state index contributed by atoms with van der Waals surface area (Å²) in [7, 11) is 0. The SMILES string of the molecule is CC[C@H]1CC[C@H]2C3CC[C@H]4CCCC[C@H]4C[C@H]3CC[C@]12C. The lowest BCUT2D eigenvalue weighted by atomic mass is 9.56.